The van der Waals surface area contributed by atoms with Crippen molar-refractivity contribution in [1.29, 1.82) is 0 Å². The van der Waals surface area contributed by atoms with Crippen molar-refractivity contribution in [3.8, 4) is 16.9 Å². The van der Waals surface area contributed by atoms with Crippen LogP contribution in [-0.4, -0.2) is 16.3 Å². The molecule has 0 aliphatic carbocycles. The summed E-state index contributed by atoms with van der Waals surface area (Å²) >= 11 is 12.2. The van der Waals surface area contributed by atoms with Gasteiger partial charge in [-0.15, -0.1) is 0 Å². The minimum absolute atomic E-state index is 0.722. The smallest absolute Gasteiger partial charge is 0.133 e. The number of aromatic nitrogens is 2. The zero-order valence-electron chi connectivity index (χ0n) is 13.1. The van der Waals surface area contributed by atoms with E-state index in [4.69, 9.17) is 28.3 Å². The van der Waals surface area contributed by atoms with Crippen molar-refractivity contribution in [2.24, 2.45) is 0 Å². The predicted molar refractivity (Wildman–Crippen MR) is 100 cm³/mol. The molecule has 2 aromatic carbocycles. The van der Waals surface area contributed by atoms with Gasteiger partial charge in [0.25, 0.3) is 0 Å². The summed E-state index contributed by atoms with van der Waals surface area (Å²) in [5.74, 6) is 1.07. The lowest BCUT2D eigenvalue weighted by atomic mass is 10.0. The maximum absolute atomic E-state index is 6.19. The summed E-state index contributed by atoms with van der Waals surface area (Å²) in [5, 5.41) is 9.89. The van der Waals surface area contributed by atoms with Crippen molar-refractivity contribution < 1.29 is 0 Å². The van der Waals surface area contributed by atoms with Gasteiger partial charge in [0.2, 0.25) is 0 Å². The van der Waals surface area contributed by atoms with Gasteiger partial charge < -0.3 is 5.32 Å². The third-order valence-corrected chi connectivity index (χ3v) is 4.79. The van der Waals surface area contributed by atoms with Gasteiger partial charge in [-0.3, -0.25) is 0 Å². The summed E-state index contributed by atoms with van der Waals surface area (Å²) in [7, 11) is 0. The fourth-order valence-corrected chi connectivity index (χ4v) is 3.46. The van der Waals surface area contributed by atoms with Crippen LogP contribution in [-0.2, 0) is 6.42 Å². The Hall–Kier alpha value is -1.97. The van der Waals surface area contributed by atoms with Crippen LogP contribution in [0.25, 0.3) is 16.9 Å². The molecular formula is C19H17Cl2N3. The molecule has 1 aliphatic heterocycles. The van der Waals surface area contributed by atoms with E-state index in [1.54, 1.807) is 0 Å². The van der Waals surface area contributed by atoms with Crippen LogP contribution in [0.1, 0.15) is 18.4 Å². The highest BCUT2D eigenvalue weighted by Gasteiger charge is 2.21. The molecule has 0 radical (unpaired) electrons. The summed E-state index contributed by atoms with van der Waals surface area (Å²) in [4.78, 5) is 0. The van der Waals surface area contributed by atoms with Gasteiger partial charge in [0.1, 0.15) is 5.82 Å². The Bertz CT molecular complexity index is 869. The van der Waals surface area contributed by atoms with Crippen molar-refractivity contribution in [1.82, 2.24) is 9.78 Å². The molecule has 0 fully saturated rings. The van der Waals surface area contributed by atoms with Crippen LogP contribution in [0.15, 0.2) is 48.5 Å². The molecule has 24 heavy (non-hydrogen) atoms. The van der Waals surface area contributed by atoms with E-state index in [0.29, 0.717) is 0 Å². The fraction of sp³-hybridized carbons (Fsp3) is 0.211. The minimum atomic E-state index is 0.722. The monoisotopic (exact) mass is 357 g/mol. The minimum Gasteiger partial charge on any atom is -0.370 e. The van der Waals surface area contributed by atoms with Crippen LogP contribution in [0.3, 0.4) is 0 Å². The van der Waals surface area contributed by atoms with Crippen LogP contribution in [0.2, 0.25) is 10.0 Å². The fourth-order valence-electron chi connectivity index (χ4n) is 3.14. The standard InChI is InChI=1S/C19H17Cl2N3/c20-14-7-9-16(10-8-14)24-19-17(6-1-2-11-22-19)18(23-24)13-4-3-5-15(21)12-13/h3-5,7-10,12,22H,1-2,6,11H2. The Kier molecular flexibility index (Phi) is 4.21. The molecule has 122 valence electrons. The molecule has 0 bridgehead atoms. The Morgan fingerprint density at radius 3 is 2.58 bits per heavy atom. The molecule has 3 nitrogen and oxygen atoms in total. The van der Waals surface area contributed by atoms with E-state index < -0.39 is 0 Å². The van der Waals surface area contributed by atoms with E-state index in [0.717, 1.165) is 58.6 Å². The number of fused-ring (bicyclic) bond motifs is 1. The highest BCUT2D eigenvalue weighted by Crippen LogP contribution is 2.34. The van der Waals surface area contributed by atoms with Gasteiger partial charge in [0.15, 0.2) is 0 Å². The molecular weight excluding hydrogens is 341 g/mol. The first kappa shape index (κ1) is 15.6. The van der Waals surface area contributed by atoms with Gasteiger partial charge in [-0.2, -0.15) is 5.10 Å². The van der Waals surface area contributed by atoms with Crippen molar-refractivity contribution in [3.63, 3.8) is 0 Å². The normalized spacial score (nSPS) is 13.9. The molecule has 0 spiro atoms. The first-order valence-electron chi connectivity index (χ1n) is 8.10. The van der Waals surface area contributed by atoms with Gasteiger partial charge >= 0.3 is 0 Å². The van der Waals surface area contributed by atoms with Gasteiger partial charge in [-0.05, 0) is 55.7 Å². The highest BCUT2D eigenvalue weighted by atomic mass is 35.5. The lowest BCUT2D eigenvalue weighted by molar-refractivity contribution is 0.780. The van der Waals surface area contributed by atoms with E-state index in [2.05, 4.69) is 11.4 Å². The Labute approximate surface area is 151 Å². The molecule has 5 heteroatoms. The highest BCUT2D eigenvalue weighted by molar-refractivity contribution is 6.31. The first-order valence-corrected chi connectivity index (χ1v) is 8.85. The number of rotatable bonds is 2. The molecule has 0 unspecified atom stereocenters. The first-order chi connectivity index (χ1) is 11.7. The summed E-state index contributed by atoms with van der Waals surface area (Å²) in [5.41, 5.74) is 4.30. The summed E-state index contributed by atoms with van der Waals surface area (Å²) in [6.07, 6.45) is 3.32. The van der Waals surface area contributed by atoms with Crippen molar-refractivity contribution in [3.05, 3.63) is 64.1 Å². The van der Waals surface area contributed by atoms with Crippen LogP contribution in [0, 0.1) is 0 Å². The molecule has 0 atom stereocenters. The number of nitrogens with zero attached hydrogens (tertiary/aromatic N) is 2. The van der Waals surface area contributed by atoms with Crippen molar-refractivity contribution in [2.45, 2.75) is 19.3 Å². The zero-order chi connectivity index (χ0) is 16.5. The maximum Gasteiger partial charge on any atom is 0.133 e. The maximum atomic E-state index is 6.19. The second-order valence-electron chi connectivity index (χ2n) is 5.96. The molecule has 1 aliphatic rings. The molecule has 3 aromatic rings. The Morgan fingerprint density at radius 2 is 1.79 bits per heavy atom. The second kappa shape index (κ2) is 6.50. The number of hydrogen-bond donors (Lipinski definition) is 1. The molecule has 1 aromatic heterocycles. The van der Waals surface area contributed by atoms with Gasteiger partial charge in [0.05, 0.1) is 11.4 Å². The second-order valence-corrected chi connectivity index (χ2v) is 6.83. The molecule has 4 rings (SSSR count). The van der Waals surface area contributed by atoms with Crippen LogP contribution in [0.5, 0.6) is 0 Å². The average Bonchev–Trinajstić information content (AvgIpc) is 2.77. The van der Waals surface area contributed by atoms with Crippen LogP contribution < -0.4 is 5.32 Å². The van der Waals surface area contributed by atoms with Crippen molar-refractivity contribution in [2.75, 3.05) is 11.9 Å². The third-order valence-electron chi connectivity index (χ3n) is 4.30. The number of hydrogen-bond acceptors (Lipinski definition) is 2. The number of anilines is 1. The number of halogens is 2. The van der Waals surface area contributed by atoms with Gasteiger partial charge in [-0.1, -0.05) is 35.3 Å². The average molecular weight is 358 g/mol. The molecule has 1 N–H and O–H groups in total. The largest absolute Gasteiger partial charge is 0.370 e. The molecule has 0 saturated carbocycles. The van der Waals surface area contributed by atoms with Gasteiger partial charge in [0, 0.05) is 27.7 Å². The number of nitrogens with one attached hydrogen (secondary N) is 1. The molecule has 0 amide bonds. The van der Waals surface area contributed by atoms with Crippen molar-refractivity contribution >= 4 is 29.0 Å². The zero-order valence-corrected chi connectivity index (χ0v) is 14.6. The molecule has 2 heterocycles. The van der Waals surface area contributed by atoms with E-state index in [1.807, 2.05) is 47.1 Å². The quantitative estimate of drug-likeness (QED) is 0.647. The Balaban J connectivity index is 1.90. The summed E-state index contributed by atoms with van der Waals surface area (Å²) < 4.78 is 1.98. The number of benzene rings is 2. The Morgan fingerprint density at radius 1 is 0.958 bits per heavy atom. The van der Waals surface area contributed by atoms with E-state index >= 15 is 0 Å². The lowest BCUT2D eigenvalue weighted by Crippen LogP contribution is -2.07. The van der Waals surface area contributed by atoms with Gasteiger partial charge in [-0.25, -0.2) is 4.68 Å². The topological polar surface area (TPSA) is 29.9 Å². The molecule has 0 saturated heterocycles. The van der Waals surface area contributed by atoms with Crippen LogP contribution in [0.4, 0.5) is 5.82 Å². The summed E-state index contributed by atoms with van der Waals surface area (Å²) in [6, 6.07) is 15.6. The SMILES string of the molecule is Clc1ccc(-n2nc(-c3cccc(Cl)c3)c3c2NCCCC3)cc1. The van der Waals surface area contributed by atoms with E-state index in [1.165, 1.54) is 5.56 Å². The predicted octanol–water partition coefficient (Wildman–Crippen LogP) is 5.59. The lowest BCUT2D eigenvalue weighted by Gasteiger charge is -2.09. The summed E-state index contributed by atoms with van der Waals surface area (Å²) in [6.45, 7) is 0.960. The third kappa shape index (κ3) is 2.90. The van der Waals surface area contributed by atoms with E-state index in [-0.39, 0.29) is 0 Å². The van der Waals surface area contributed by atoms with Crippen LogP contribution >= 0.6 is 23.2 Å². The van der Waals surface area contributed by atoms with E-state index in [9.17, 15) is 0 Å².